The average molecular weight is 520 g/mol. The number of carbonyl (C=O) groups is 2. The van der Waals surface area contributed by atoms with Gasteiger partial charge in [-0.3, -0.25) is 14.5 Å². The van der Waals surface area contributed by atoms with Crippen molar-refractivity contribution in [1.29, 1.82) is 0 Å². The van der Waals surface area contributed by atoms with E-state index < -0.39 is 17.7 Å². The number of aliphatic hydroxyl groups excluding tert-OH is 1. The monoisotopic (exact) mass is 519 g/mol. The Balaban J connectivity index is 2.01. The van der Waals surface area contributed by atoms with Crippen LogP contribution in [0, 0.1) is 13.8 Å². The van der Waals surface area contributed by atoms with Crippen LogP contribution in [-0.4, -0.2) is 31.0 Å². The van der Waals surface area contributed by atoms with Crippen molar-refractivity contribution in [3.05, 3.63) is 93.0 Å². The molecule has 0 saturated carbocycles. The van der Waals surface area contributed by atoms with E-state index in [0.717, 1.165) is 11.1 Å². The maximum absolute atomic E-state index is 13.5. The van der Waals surface area contributed by atoms with E-state index in [1.807, 2.05) is 39.8 Å². The van der Waals surface area contributed by atoms with Gasteiger partial charge in [0.25, 0.3) is 11.7 Å². The van der Waals surface area contributed by atoms with Gasteiger partial charge in [-0.1, -0.05) is 43.6 Å². The lowest BCUT2D eigenvalue weighted by Gasteiger charge is -2.26. The summed E-state index contributed by atoms with van der Waals surface area (Å²) in [7, 11) is 3.14. The lowest BCUT2D eigenvalue weighted by atomic mass is 9.91. The Labute approximate surface area is 222 Å². The van der Waals surface area contributed by atoms with Crippen LogP contribution < -0.4 is 14.4 Å². The fourth-order valence-electron chi connectivity index (χ4n) is 4.68. The van der Waals surface area contributed by atoms with Crippen LogP contribution >= 0.6 is 11.6 Å². The van der Waals surface area contributed by atoms with Crippen LogP contribution in [0.3, 0.4) is 0 Å². The predicted molar refractivity (Wildman–Crippen MR) is 146 cm³/mol. The molecule has 3 aromatic rings. The first kappa shape index (κ1) is 26.3. The summed E-state index contributed by atoms with van der Waals surface area (Å²) in [4.78, 5) is 28.4. The number of amides is 1. The number of ether oxygens (including phenoxy) is 2. The Morgan fingerprint density at radius 2 is 1.70 bits per heavy atom. The third-order valence-electron chi connectivity index (χ3n) is 6.74. The van der Waals surface area contributed by atoms with Crippen molar-refractivity contribution in [3.8, 4) is 11.5 Å². The SMILES string of the molecule is COc1cccc(C2/C(=C(\O)c3cc(C(C)C)c(OC)cc3C)C(=O)C(=O)N2c2ccc(C)c(Cl)c2)c1. The summed E-state index contributed by atoms with van der Waals surface area (Å²) in [5.74, 6) is -0.397. The first-order chi connectivity index (χ1) is 17.6. The molecule has 1 N–H and O–H groups in total. The Kier molecular flexibility index (Phi) is 7.32. The maximum Gasteiger partial charge on any atom is 0.300 e. The highest BCUT2D eigenvalue weighted by Crippen LogP contribution is 2.44. The minimum atomic E-state index is -0.891. The minimum absolute atomic E-state index is 0.00192. The van der Waals surface area contributed by atoms with Crippen LogP contribution in [0.1, 0.15) is 53.6 Å². The standard InChI is InChI=1S/C30H30ClNO5/c1-16(2)22-15-23(18(4)12-25(22)37-6)28(33)26-27(19-8-7-9-21(13-19)36-5)32(30(35)29(26)34)20-11-10-17(3)24(31)14-20/h7-16,27,33H,1-6H3/b28-26+. The molecule has 3 aromatic carbocycles. The molecule has 0 bridgehead atoms. The molecule has 1 amide bonds. The highest BCUT2D eigenvalue weighted by Gasteiger charge is 2.47. The van der Waals surface area contributed by atoms with E-state index in [4.69, 9.17) is 21.1 Å². The first-order valence-corrected chi connectivity index (χ1v) is 12.4. The molecule has 1 aliphatic heterocycles. The fourth-order valence-corrected chi connectivity index (χ4v) is 4.86. The Hall–Kier alpha value is -3.77. The topological polar surface area (TPSA) is 76.1 Å². The van der Waals surface area contributed by atoms with Crippen LogP contribution in [0.25, 0.3) is 5.76 Å². The number of hydrogen-bond acceptors (Lipinski definition) is 5. The summed E-state index contributed by atoms with van der Waals surface area (Å²) in [5, 5.41) is 12.1. The van der Waals surface area contributed by atoms with Gasteiger partial charge in [-0.2, -0.15) is 0 Å². The Bertz CT molecular complexity index is 1430. The van der Waals surface area contributed by atoms with Crippen molar-refractivity contribution >= 4 is 34.7 Å². The molecule has 1 saturated heterocycles. The van der Waals surface area contributed by atoms with Crippen molar-refractivity contribution in [2.45, 2.75) is 39.7 Å². The fraction of sp³-hybridized carbons (Fsp3) is 0.267. The summed E-state index contributed by atoms with van der Waals surface area (Å²) < 4.78 is 11.0. The van der Waals surface area contributed by atoms with E-state index in [2.05, 4.69) is 0 Å². The number of halogens is 1. The highest BCUT2D eigenvalue weighted by molar-refractivity contribution is 6.51. The molecule has 0 aromatic heterocycles. The van der Waals surface area contributed by atoms with Gasteiger partial charge >= 0.3 is 0 Å². The molecule has 0 aliphatic carbocycles. The Morgan fingerprint density at radius 1 is 0.973 bits per heavy atom. The zero-order chi connectivity index (χ0) is 27.0. The predicted octanol–water partition coefficient (Wildman–Crippen LogP) is 6.72. The quantitative estimate of drug-likeness (QED) is 0.222. The molecule has 1 atom stereocenters. The second-order valence-corrected chi connectivity index (χ2v) is 9.85. The molecular weight excluding hydrogens is 490 g/mol. The summed E-state index contributed by atoms with van der Waals surface area (Å²) in [6.45, 7) is 7.73. The smallest absolute Gasteiger partial charge is 0.300 e. The molecule has 1 heterocycles. The van der Waals surface area contributed by atoms with E-state index in [1.54, 1.807) is 56.7 Å². The zero-order valence-electron chi connectivity index (χ0n) is 21.8. The molecular formula is C30H30ClNO5. The molecule has 6 nitrogen and oxygen atoms in total. The van der Waals surface area contributed by atoms with Crippen LogP contribution in [0.15, 0.2) is 60.2 Å². The largest absolute Gasteiger partial charge is 0.507 e. The summed E-state index contributed by atoms with van der Waals surface area (Å²) in [6, 6.07) is 15.1. The van der Waals surface area contributed by atoms with Crippen molar-refractivity contribution in [2.24, 2.45) is 0 Å². The normalized spacial score (nSPS) is 17.0. The maximum atomic E-state index is 13.5. The highest BCUT2D eigenvalue weighted by atomic mass is 35.5. The zero-order valence-corrected chi connectivity index (χ0v) is 22.5. The van der Waals surface area contributed by atoms with E-state index in [1.165, 1.54) is 4.90 Å². The third-order valence-corrected chi connectivity index (χ3v) is 7.15. The second kappa shape index (κ2) is 10.3. The second-order valence-electron chi connectivity index (χ2n) is 9.44. The van der Waals surface area contributed by atoms with E-state index in [-0.39, 0.29) is 17.3 Å². The molecule has 192 valence electrons. The van der Waals surface area contributed by atoms with Gasteiger partial charge in [0.15, 0.2) is 0 Å². The van der Waals surface area contributed by atoms with E-state index in [0.29, 0.717) is 38.9 Å². The molecule has 4 rings (SSSR count). The number of benzene rings is 3. The molecule has 0 spiro atoms. The molecule has 1 fully saturated rings. The summed E-state index contributed by atoms with van der Waals surface area (Å²) in [6.07, 6.45) is 0. The summed E-state index contributed by atoms with van der Waals surface area (Å²) >= 11 is 6.39. The van der Waals surface area contributed by atoms with Gasteiger partial charge in [-0.25, -0.2) is 0 Å². The lowest BCUT2D eigenvalue weighted by Crippen LogP contribution is -2.29. The molecule has 1 unspecified atom stereocenters. The average Bonchev–Trinajstić information content (AvgIpc) is 3.15. The number of aliphatic hydroxyl groups is 1. The van der Waals surface area contributed by atoms with Crippen molar-refractivity contribution in [3.63, 3.8) is 0 Å². The third kappa shape index (κ3) is 4.69. The van der Waals surface area contributed by atoms with E-state index >= 15 is 0 Å². The molecule has 1 aliphatic rings. The van der Waals surface area contributed by atoms with Gasteiger partial charge in [0, 0.05) is 16.3 Å². The van der Waals surface area contributed by atoms with Crippen LogP contribution in [0.4, 0.5) is 5.69 Å². The van der Waals surface area contributed by atoms with Gasteiger partial charge < -0.3 is 14.6 Å². The van der Waals surface area contributed by atoms with Gasteiger partial charge in [0.1, 0.15) is 17.3 Å². The van der Waals surface area contributed by atoms with Gasteiger partial charge in [0.2, 0.25) is 0 Å². The van der Waals surface area contributed by atoms with Gasteiger partial charge in [-0.15, -0.1) is 0 Å². The lowest BCUT2D eigenvalue weighted by molar-refractivity contribution is -0.132. The molecule has 0 radical (unpaired) electrons. The van der Waals surface area contributed by atoms with E-state index in [9.17, 15) is 14.7 Å². The van der Waals surface area contributed by atoms with Crippen molar-refractivity contribution in [2.75, 3.05) is 19.1 Å². The number of aryl methyl sites for hydroxylation is 2. The van der Waals surface area contributed by atoms with Crippen LogP contribution in [0.2, 0.25) is 5.02 Å². The number of methoxy groups -OCH3 is 2. The summed E-state index contributed by atoms with van der Waals surface area (Å²) in [5.41, 5.74) is 3.98. The number of rotatable bonds is 6. The minimum Gasteiger partial charge on any atom is -0.507 e. The number of nitrogens with zero attached hydrogens (tertiary/aromatic N) is 1. The number of ketones is 1. The number of anilines is 1. The number of hydrogen-bond donors (Lipinski definition) is 1. The van der Waals surface area contributed by atoms with Crippen LogP contribution in [0.5, 0.6) is 11.5 Å². The number of carbonyl (C=O) groups excluding carboxylic acids is 2. The molecule has 7 heteroatoms. The van der Waals surface area contributed by atoms with Crippen LogP contribution in [-0.2, 0) is 9.59 Å². The van der Waals surface area contributed by atoms with Gasteiger partial charge in [0.05, 0.1) is 25.8 Å². The van der Waals surface area contributed by atoms with Gasteiger partial charge in [-0.05, 0) is 78.4 Å². The molecule has 37 heavy (non-hydrogen) atoms. The number of Topliss-reactive ketones (excluding diaryl/α,β-unsaturated/α-hetero) is 1. The van der Waals surface area contributed by atoms with Crippen molar-refractivity contribution in [1.82, 2.24) is 0 Å². The van der Waals surface area contributed by atoms with Crippen molar-refractivity contribution < 1.29 is 24.2 Å². The Morgan fingerprint density at radius 3 is 2.32 bits per heavy atom. The first-order valence-electron chi connectivity index (χ1n) is 12.0.